The van der Waals surface area contributed by atoms with Gasteiger partial charge in [-0.05, 0) is 13.8 Å². The molecule has 0 amide bonds. The van der Waals surface area contributed by atoms with Crippen molar-refractivity contribution in [1.82, 2.24) is 9.97 Å². The Morgan fingerprint density at radius 3 is 2.33 bits per heavy atom. The number of hydrogen-bond acceptors (Lipinski definition) is 8. The SMILES string of the molecule is CCOC(=O)C(C(=O)OCC)c1ncnc2c([N+](=O)[O-])cccc12. The van der Waals surface area contributed by atoms with E-state index in [1.165, 1.54) is 18.2 Å². The van der Waals surface area contributed by atoms with Gasteiger partial charge in [0.05, 0.1) is 23.8 Å². The molecule has 0 aliphatic rings. The van der Waals surface area contributed by atoms with Crippen molar-refractivity contribution in [1.29, 1.82) is 0 Å². The van der Waals surface area contributed by atoms with E-state index in [4.69, 9.17) is 9.47 Å². The minimum absolute atomic E-state index is 0.0144. The molecule has 0 saturated heterocycles. The van der Waals surface area contributed by atoms with E-state index in [9.17, 15) is 19.7 Å². The van der Waals surface area contributed by atoms with Crippen molar-refractivity contribution < 1.29 is 24.0 Å². The Morgan fingerprint density at radius 1 is 1.17 bits per heavy atom. The largest absolute Gasteiger partial charge is 0.465 e. The molecule has 2 rings (SSSR count). The van der Waals surface area contributed by atoms with Gasteiger partial charge in [0.25, 0.3) is 5.69 Å². The highest BCUT2D eigenvalue weighted by Crippen LogP contribution is 2.29. The number of rotatable bonds is 6. The first-order chi connectivity index (χ1) is 11.5. The maximum Gasteiger partial charge on any atom is 0.326 e. The number of para-hydroxylation sites is 1. The molecule has 1 aromatic heterocycles. The van der Waals surface area contributed by atoms with Gasteiger partial charge in [0.15, 0.2) is 11.4 Å². The van der Waals surface area contributed by atoms with Gasteiger partial charge in [-0.25, -0.2) is 9.97 Å². The van der Waals surface area contributed by atoms with Gasteiger partial charge in [0.1, 0.15) is 6.33 Å². The van der Waals surface area contributed by atoms with Crippen molar-refractivity contribution >= 4 is 28.5 Å². The van der Waals surface area contributed by atoms with E-state index in [1.807, 2.05) is 0 Å². The molecule has 0 saturated carbocycles. The van der Waals surface area contributed by atoms with Gasteiger partial charge in [-0.15, -0.1) is 0 Å². The molecule has 0 unspecified atom stereocenters. The lowest BCUT2D eigenvalue weighted by atomic mass is 10.0. The highest BCUT2D eigenvalue weighted by atomic mass is 16.6. The molecule has 9 heteroatoms. The third-order valence-corrected chi connectivity index (χ3v) is 3.19. The summed E-state index contributed by atoms with van der Waals surface area (Å²) in [4.78, 5) is 42.8. The van der Waals surface area contributed by atoms with Gasteiger partial charge in [-0.2, -0.15) is 0 Å². The Bertz CT molecular complexity index is 774. The Balaban J connectivity index is 2.65. The van der Waals surface area contributed by atoms with Crippen LogP contribution in [0.5, 0.6) is 0 Å². The van der Waals surface area contributed by atoms with Crippen molar-refractivity contribution in [3.63, 3.8) is 0 Å². The minimum Gasteiger partial charge on any atom is -0.465 e. The molecule has 9 nitrogen and oxygen atoms in total. The molecule has 1 heterocycles. The molecule has 0 spiro atoms. The van der Waals surface area contributed by atoms with Crippen molar-refractivity contribution in [2.75, 3.05) is 13.2 Å². The zero-order valence-electron chi connectivity index (χ0n) is 13.1. The monoisotopic (exact) mass is 333 g/mol. The van der Waals surface area contributed by atoms with Gasteiger partial charge in [-0.3, -0.25) is 19.7 Å². The summed E-state index contributed by atoms with van der Waals surface area (Å²) < 4.78 is 9.84. The number of carbonyl (C=O) groups excluding carboxylic acids is 2. The lowest BCUT2D eigenvalue weighted by molar-refractivity contribution is -0.383. The second-order valence-electron chi connectivity index (χ2n) is 4.63. The number of non-ortho nitro benzene ring substituents is 1. The molecule has 1 aromatic carbocycles. The summed E-state index contributed by atoms with van der Waals surface area (Å²) in [7, 11) is 0. The van der Waals surface area contributed by atoms with Crippen molar-refractivity contribution in [2.24, 2.45) is 0 Å². The summed E-state index contributed by atoms with van der Waals surface area (Å²) in [6.07, 6.45) is 1.07. The van der Waals surface area contributed by atoms with Crippen LogP contribution in [0.3, 0.4) is 0 Å². The lowest BCUT2D eigenvalue weighted by Crippen LogP contribution is -2.27. The highest BCUT2D eigenvalue weighted by molar-refractivity contribution is 6.04. The quantitative estimate of drug-likeness (QED) is 0.339. The molecule has 126 valence electrons. The molecule has 0 radical (unpaired) electrons. The van der Waals surface area contributed by atoms with Crippen LogP contribution in [0.2, 0.25) is 0 Å². The predicted molar refractivity (Wildman–Crippen MR) is 82.2 cm³/mol. The van der Waals surface area contributed by atoms with Gasteiger partial charge in [0.2, 0.25) is 0 Å². The number of esters is 2. The molecule has 0 atom stereocenters. The van der Waals surface area contributed by atoms with Crippen molar-refractivity contribution in [3.8, 4) is 0 Å². The fourth-order valence-electron chi connectivity index (χ4n) is 2.24. The number of hydrogen-bond donors (Lipinski definition) is 0. The van der Waals surface area contributed by atoms with Crippen LogP contribution in [0.1, 0.15) is 25.5 Å². The van der Waals surface area contributed by atoms with E-state index >= 15 is 0 Å². The lowest BCUT2D eigenvalue weighted by Gasteiger charge is -2.15. The average molecular weight is 333 g/mol. The molecular formula is C15H15N3O6. The number of ether oxygens (including phenoxy) is 2. The molecule has 0 N–H and O–H groups in total. The van der Waals surface area contributed by atoms with E-state index in [2.05, 4.69) is 9.97 Å². The summed E-state index contributed by atoms with van der Waals surface area (Å²) in [6, 6.07) is 4.21. The number of nitro groups is 1. The Labute approximate surface area is 136 Å². The van der Waals surface area contributed by atoms with Crippen LogP contribution in [0.25, 0.3) is 10.9 Å². The summed E-state index contributed by atoms with van der Waals surface area (Å²) in [5.41, 5.74) is -0.200. The fourth-order valence-corrected chi connectivity index (χ4v) is 2.24. The molecule has 0 fully saturated rings. The Hall–Kier alpha value is -3.10. The van der Waals surface area contributed by atoms with Crippen LogP contribution < -0.4 is 0 Å². The second-order valence-corrected chi connectivity index (χ2v) is 4.63. The first kappa shape index (κ1) is 17.3. The zero-order chi connectivity index (χ0) is 17.7. The first-order valence-corrected chi connectivity index (χ1v) is 7.22. The summed E-state index contributed by atoms with van der Waals surface area (Å²) in [5.74, 6) is -3.10. The first-order valence-electron chi connectivity index (χ1n) is 7.22. The third kappa shape index (κ3) is 3.29. The number of benzene rings is 1. The Kier molecular flexibility index (Phi) is 5.35. The van der Waals surface area contributed by atoms with Crippen LogP contribution in [0, 0.1) is 10.1 Å². The zero-order valence-corrected chi connectivity index (χ0v) is 13.1. The van der Waals surface area contributed by atoms with E-state index in [1.54, 1.807) is 13.8 Å². The van der Waals surface area contributed by atoms with Crippen LogP contribution >= 0.6 is 0 Å². The standard InChI is InChI=1S/C15H15N3O6/c1-3-23-14(19)11(15(20)24-4-2)13-9-6-5-7-10(18(21)22)12(9)16-8-17-13/h5-8,11H,3-4H2,1-2H3. The number of aromatic nitrogens is 2. The molecule has 0 aliphatic carbocycles. The summed E-state index contributed by atoms with van der Waals surface area (Å²) >= 11 is 0. The average Bonchev–Trinajstić information content (AvgIpc) is 2.55. The van der Waals surface area contributed by atoms with Gasteiger partial charge in [0, 0.05) is 11.5 Å². The number of fused-ring (bicyclic) bond motifs is 1. The van der Waals surface area contributed by atoms with Crippen molar-refractivity contribution in [2.45, 2.75) is 19.8 Å². The van der Waals surface area contributed by atoms with Crippen LogP contribution in [-0.2, 0) is 19.1 Å². The van der Waals surface area contributed by atoms with E-state index in [-0.39, 0.29) is 35.5 Å². The molecule has 0 aliphatic heterocycles. The predicted octanol–water partition coefficient (Wildman–Crippen LogP) is 1.75. The topological polar surface area (TPSA) is 122 Å². The molecule has 2 aromatic rings. The number of nitrogens with zero attached hydrogens (tertiary/aromatic N) is 3. The van der Waals surface area contributed by atoms with Crippen LogP contribution in [0.15, 0.2) is 24.5 Å². The molecular weight excluding hydrogens is 318 g/mol. The van der Waals surface area contributed by atoms with Gasteiger partial charge >= 0.3 is 11.9 Å². The van der Waals surface area contributed by atoms with E-state index in [0.29, 0.717) is 0 Å². The maximum absolute atomic E-state index is 12.2. The molecule has 24 heavy (non-hydrogen) atoms. The van der Waals surface area contributed by atoms with E-state index in [0.717, 1.165) is 6.33 Å². The Morgan fingerprint density at radius 2 is 1.79 bits per heavy atom. The van der Waals surface area contributed by atoms with Gasteiger partial charge in [-0.1, -0.05) is 12.1 Å². The smallest absolute Gasteiger partial charge is 0.326 e. The highest BCUT2D eigenvalue weighted by Gasteiger charge is 2.35. The van der Waals surface area contributed by atoms with Crippen molar-refractivity contribution in [3.05, 3.63) is 40.3 Å². The normalized spacial score (nSPS) is 10.6. The fraction of sp³-hybridized carbons (Fsp3) is 0.333. The number of nitro benzene ring substituents is 1. The molecule has 0 bridgehead atoms. The van der Waals surface area contributed by atoms with Crippen LogP contribution in [-0.4, -0.2) is 40.0 Å². The minimum atomic E-state index is -1.43. The number of carbonyl (C=O) groups is 2. The third-order valence-electron chi connectivity index (χ3n) is 3.19. The van der Waals surface area contributed by atoms with E-state index < -0.39 is 22.8 Å². The summed E-state index contributed by atoms with van der Waals surface area (Å²) in [6.45, 7) is 3.34. The van der Waals surface area contributed by atoms with Gasteiger partial charge < -0.3 is 9.47 Å². The second kappa shape index (κ2) is 7.44. The van der Waals surface area contributed by atoms with Crippen LogP contribution in [0.4, 0.5) is 5.69 Å². The summed E-state index contributed by atoms with van der Waals surface area (Å²) in [5, 5.41) is 11.4. The maximum atomic E-state index is 12.2.